The molecule has 0 N–H and O–H groups in total. The number of hydrogen-bond acceptors (Lipinski definition) is 6. The number of ether oxygens (including phenoxy) is 2. The van der Waals surface area contributed by atoms with Gasteiger partial charge in [-0.25, -0.2) is 9.97 Å². The number of rotatable bonds is 6. The van der Waals surface area contributed by atoms with Crippen LogP contribution in [0.1, 0.15) is 42.7 Å². The normalized spacial score (nSPS) is 17.1. The van der Waals surface area contributed by atoms with Crippen LogP contribution in [0.3, 0.4) is 0 Å². The van der Waals surface area contributed by atoms with Gasteiger partial charge in [0.05, 0.1) is 18.7 Å². The summed E-state index contributed by atoms with van der Waals surface area (Å²) in [6, 6.07) is 3.72. The van der Waals surface area contributed by atoms with Gasteiger partial charge >= 0.3 is 12.2 Å². The number of carbonyl (C=O) groups excluding carboxylic acids is 1. The van der Waals surface area contributed by atoms with Crippen molar-refractivity contribution in [2.24, 2.45) is 5.92 Å². The van der Waals surface area contributed by atoms with Gasteiger partial charge in [0.1, 0.15) is 6.10 Å². The van der Waals surface area contributed by atoms with E-state index in [1.807, 2.05) is 13.8 Å². The Kier molecular flexibility index (Phi) is 6.73. The lowest BCUT2D eigenvalue weighted by molar-refractivity contribution is -0.141. The molecule has 3 rings (SSSR count). The molecule has 1 atom stereocenters. The van der Waals surface area contributed by atoms with Crippen molar-refractivity contribution in [2.75, 3.05) is 19.7 Å². The van der Waals surface area contributed by atoms with E-state index in [0.29, 0.717) is 43.4 Å². The lowest BCUT2D eigenvalue weighted by atomic mass is 10.1. The van der Waals surface area contributed by atoms with Crippen LogP contribution in [0.5, 0.6) is 11.9 Å². The van der Waals surface area contributed by atoms with Gasteiger partial charge in [-0.05, 0) is 30.9 Å². The van der Waals surface area contributed by atoms with Crippen molar-refractivity contribution in [3.63, 3.8) is 0 Å². The van der Waals surface area contributed by atoms with Crippen LogP contribution in [0, 0.1) is 5.92 Å². The molecule has 1 aliphatic heterocycles. The minimum atomic E-state index is -4.58. The average Bonchev–Trinajstić information content (AvgIpc) is 2.72. The molecule has 0 aliphatic carbocycles. The number of piperidine rings is 1. The number of amides is 1. The van der Waals surface area contributed by atoms with E-state index in [1.165, 1.54) is 6.20 Å². The predicted octanol–water partition coefficient (Wildman–Crippen LogP) is 3.61. The van der Waals surface area contributed by atoms with E-state index in [-0.39, 0.29) is 18.5 Å². The van der Waals surface area contributed by atoms with E-state index in [0.717, 1.165) is 12.3 Å². The van der Waals surface area contributed by atoms with Crippen LogP contribution >= 0.6 is 0 Å². The molecule has 1 unspecified atom stereocenters. The smallest absolute Gasteiger partial charge is 0.433 e. The molecule has 1 saturated heterocycles. The molecule has 0 radical (unpaired) electrons. The van der Waals surface area contributed by atoms with Crippen LogP contribution in [-0.2, 0) is 6.18 Å². The Hall–Kier alpha value is -2.91. The number of carbonyl (C=O) groups is 1. The number of hydrogen-bond donors (Lipinski definition) is 0. The van der Waals surface area contributed by atoms with Crippen molar-refractivity contribution in [3.05, 3.63) is 41.9 Å². The maximum Gasteiger partial charge on any atom is 0.433 e. The van der Waals surface area contributed by atoms with Gasteiger partial charge in [0, 0.05) is 25.0 Å². The molecule has 10 heteroatoms. The summed E-state index contributed by atoms with van der Waals surface area (Å²) in [6.45, 7) is 5.33. The minimum absolute atomic E-state index is 0.226. The molecule has 1 aliphatic rings. The van der Waals surface area contributed by atoms with Crippen molar-refractivity contribution < 1.29 is 27.4 Å². The number of aromatic nitrogens is 3. The molecule has 7 nitrogen and oxygen atoms in total. The lowest BCUT2D eigenvalue weighted by Gasteiger charge is -2.32. The highest BCUT2D eigenvalue weighted by Gasteiger charge is 2.33. The lowest BCUT2D eigenvalue weighted by Crippen LogP contribution is -2.44. The monoisotopic (exact) mass is 424 g/mol. The van der Waals surface area contributed by atoms with Crippen molar-refractivity contribution in [2.45, 2.75) is 39.0 Å². The SMILES string of the molecule is CC(C)COc1ccc(C(=O)N2CCCC(Oc3nccc(C(F)(F)F)n3)C2)cn1. The van der Waals surface area contributed by atoms with Crippen molar-refractivity contribution in [1.29, 1.82) is 0 Å². The van der Waals surface area contributed by atoms with Gasteiger partial charge in [-0.15, -0.1) is 0 Å². The van der Waals surface area contributed by atoms with Gasteiger partial charge < -0.3 is 14.4 Å². The van der Waals surface area contributed by atoms with E-state index >= 15 is 0 Å². The molecule has 0 saturated carbocycles. The number of halogens is 3. The third-order valence-electron chi connectivity index (χ3n) is 4.41. The van der Waals surface area contributed by atoms with E-state index in [9.17, 15) is 18.0 Å². The first-order valence-corrected chi connectivity index (χ1v) is 9.67. The van der Waals surface area contributed by atoms with Crippen molar-refractivity contribution in [1.82, 2.24) is 19.9 Å². The highest BCUT2D eigenvalue weighted by Crippen LogP contribution is 2.28. The van der Waals surface area contributed by atoms with Gasteiger partial charge in [-0.3, -0.25) is 4.79 Å². The number of pyridine rings is 1. The summed E-state index contributed by atoms with van der Waals surface area (Å²) >= 11 is 0. The van der Waals surface area contributed by atoms with E-state index < -0.39 is 18.0 Å². The first kappa shape index (κ1) is 21.8. The van der Waals surface area contributed by atoms with Crippen LogP contribution in [0.25, 0.3) is 0 Å². The van der Waals surface area contributed by atoms with Crippen LogP contribution in [0.2, 0.25) is 0 Å². The Balaban J connectivity index is 1.61. The summed E-state index contributed by atoms with van der Waals surface area (Å²) in [5.41, 5.74) is -0.662. The molecule has 0 spiro atoms. The zero-order valence-electron chi connectivity index (χ0n) is 16.7. The van der Waals surface area contributed by atoms with Crippen LogP contribution < -0.4 is 9.47 Å². The first-order chi connectivity index (χ1) is 14.2. The summed E-state index contributed by atoms with van der Waals surface area (Å²) in [5, 5.41) is 0. The third-order valence-corrected chi connectivity index (χ3v) is 4.41. The molecular weight excluding hydrogens is 401 g/mol. The van der Waals surface area contributed by atoms with Gasteiger partial charge in [-0.2, -0.15) is 18.2 Å². The van der Waals surface area contributed by atoms with Gasteiger partial charge in [0.25, 0.3) is 5.91 Å². The second kappa shape index (κ2) is 9.27. The molecule has 1 amide bonds. The first-order valence-electron chi connectivity index (χ1n) is 9.67. The largest absolute Gasteiger partial charge is 0.477 e. The molecule has 30 heavy (non-hydrogen) atoms. The molecule has 2 aromatic rings. The van der Waals surface area contributed by atoms with Crippen molar-refractivity contribution in [3.8, 4) is 11.9 Å². The van der Waals surface area contributed by atoms with E-state index in [1.54, 1.807) is 17.0 Å². The number of alkyl halides is 3. The molecule has 162 valence electrons. The molecule has 3 heterocycles. The highest BCUT2D eigenvalue weighted by molar-refractivity contribution is 5.94. The summed E-state index contributed by atoms with van der Waals surface area (Å²) in [6.07, 6.45) is -1.37. The van der Waals surface area contributed by atoms with E-state index in [2.05, 4.69) is 15.0 Å². The Labute approximate surface area is 172 Å². The fraction of sp³-hybridized carbons (Fsp3) is 0.500. The van der Waals surface area contributed by atoms with Crippen LogP contribution in [-0.4, -0.2) is 51.6 Å². The van der Waals surface area contributed by atoms with Gasteiger partial charge in [0.15, 0.2) is 5.69 Å². The molecular formula is C20H23F3N4O3. The fourth-order valence-electron chi connectivity index (χ4n) is 2.95. The van der Waals surface area contributed by atoms with Gasteiger partial charge in [-0.1, -0.05) is 13.8 Å². The van der Waals surface area contributed by atoms with Gasteiger partial charge in [0.2, 0.25) is 5.88 Å². The highest BCUT2D eigenvalue weighted by atomic mass is 19.4. The average molecular weight is 424 g/mol. The Morgan fingerprint density at radius 3 is 2.73 bits per heavy atom. The van der Waals surface area contributed by atoms with E-state index in [4.69, 9.17) is 9.47 Å². The van der Waals surface area contributed by atoms with Crippen molar-refractivity contribution >= 4 is 5.91 Å². The third kappa shape index (κ3) is 5.80. The molecule has 0 bridgehead atoms. The van der Waals surface area contributed by atoms with Crippen LogP contribution in [0.4, 0.5) is 13.2 Å². The second-order valence-corrected chi connectivity index (χ2v) is 7.45. The molecule has 1 fully saturated rings. The molecule has 2 aromatic heterocycles. The zero-order chi connectivity index (χ0) is 21.7. The summed E-state index contributed by atoms with van der Waals surface area (Å²) in [4.78, 5) is 25.7. The second-order valence-electron chi connectivity index (χ2n) is 7.45. The predicted molar refractivity (Wildman–Crippen MR) is 101 cm³/mol. The maximum absolute atomic E-state index is 12.8. The van der Waals surface area contributed by atoms with Crippen LogP contribution in [0.15, 0.2) is 30.6 Å². The minimum Gasteiger partial charge on any atom is -0.477 e. The topological polar surface area (TPSA) is 77.4 Å². The summed E-state index contributed by atoms with van der Waals surface area (Å²) in [7, 11) is 0. The Bertz CT molecular complexity index is 859. The summed E-state index contributed by atoms with van der Waals surface area (Å²) < 4.78 is 49.5. The zero-order valence-corrected chi connectivity index (χ0v) is 16.7. The fourth-order valence-corrected chi connectivity index (χ4v) is 2.95. The number of nitrogens with zero attached hydrogens (tertiary/aromatic N) is 4. The number of likely N-dealkylation sites (tertiary alicyclic amines) is 1. The quantitative estimate of drug-likeness (QED) is 0.705. The molecule has 0 aromatic carbocycles. The summed E-state index contributed by atoms with van der Waals surface area (Å²) in [5.74, 6) is 0.581. The maximum atomic E-state index is 12.8. The standard InChI is InChI=1S/C20H23F3N4O3/c1-13(2)12-29-17-6-5-14(10-25-17)18(28)27-9-3-4-15(11-27)30-19-24-8-7-16(26-19)20(21,22)23/h5-8,10,13,15H,3-4,9,11-12H2,1-2H3. The Morgan fingerprint density at radius 1 is 1.27 bits per heavy atom. The Morgan fingerprint density at radius 2 is 2.07 bits per heavy atom.